The van der Waals surface area contributed by atoms with Crippen LogP contribution in [0.1, 0.15) is 26.2 Å². The Labute approximate surface area is 129 Å². The van der Waals surface area contributed by atoms with Crippen LogP contribution in [0.25, 0.3) is 0 Å². The second-order valence-electron chi connectivity index (χ2n) is 4.52. The highest BCUT2D eigenvalue weighted by atomic mass is 79.9. The Bertz CT molecular complexity index is 534. The highest BCUT2D eigenvalue weighted by molar-refractivity contribution is 9.10. The van der Waals surface area contributed by atoms with Gasteiger partial charge in [-0.2, -0.15) is 0 Å². The van der Waals surface area contributed by atoms with Crippen LogP contribution in [-0.2, 0) is 10.0 Å². The smallest absolute Gasteiger partial charge is 0.241 e. The lowest BCUT2D eigenvalue weighted by Crippen LogP contribution is -2.40. The minimum absolute atomic E-state index is 0.165. The van der Waals surface area contributed by atoms with Crippen LogP contribution in [0.5, 0.6) is 5.75 Å². The summed E-state index contributed by atoms with van der Waals surface area (Å²) in [6, 6.07) is 4.49. The number of benzene rings is 1. The summed E-state index contributed by atoms with van der Waals surface area (Å²) >= 11 is 3.27. The van der Waals surface area contributed by atoms with Crippen molar-refractivity contribution in [2.45, 2.75) is 37.1 Å². The molecule has 1 unspecified atom stereocenters. The highest BCUT2D eigenvalue weighted by Crippen LogP contribution is 2.24. The summed E-state index contributed by atoms with van der Waals surface area (Å²) < 4.78 is 33.1. The lowest BCUT2D eigenvalue weighted by Gasteiger charge is -2.17. The minimum Gasteiger partial charge on any atom is -0.497 e. The van der Waals surface area contributed by atoms with Crippen LogP contribution in [-0.4, -0.2) is 28.1 Å². The summed E-state index contributed by atoms with van der Waals surface area (Å²) in [5.74, 6) is 0.484. The number of nitrogens with one attached hydrogen (secondary N) is 1. The molecular weight excluding hydrogens is 344 g/mol. The van der Waals surface area contributed by atoms with Crippen LogP contribution >= 0.6 is 15.9 Å². The van der Waals surface area contributed by atoms with Gasteiger partial charge in [0.1, 0.15) is 5.75 Å². The Morgan fingerprint density at radius 1 is 1.40 bits per heavy atom. The zero-order valence-corrected chi connectivity index (χ0v) is 14.1. The van der Waals surface area contributed by atoms with Gasteiger partial charge in [-0.05, 0) is 18.6 Å². The van der Waals surface area contributed by atoms with Crippen molar-refractivity contribution in [1.82, 2.24) is 4.72 Å². The summed E-state index contributed by atoms with van der Waals surface area (Å²) in [5.41, 5.74) is 5.62. The van der Waals surface area contributed by atoms with Crippen molar-refractivity contribution in [2.75, 3.05) is 13.7 Å². The molecule has 0 aliphatic carbocycles. The third-order valence-corrected chi connectivity index (χ3v) is 4.86. The van der Waals surface area contributed by atoms with Gasteiger partial charge in [0, 0.05) is 23.1 Å². The molecule has 7 heteroatoms. The number of unbranched alkanes of at least 4 members (excludes halogenated alkanes) is 1. The predicted octanol–water partition coefficient (Wildman–Crippen LogP) is 2.25. The van der Waals surface area contributed by atoms with E-state index < -0.39 is 10.0 Å². The van der Waals surface area contributed by atoms with E-state index in [1.165, 1.54) is 19.2 Å². The van der Waals surface area contributed by atoms with Gasteiger partial charge in [-0.3, -0.25) is 0 Å². The number of rotatable bonds is 8. The van der Waals surface area contributed by atoms with E-state index in [1.54, 1.807) is 6.07 Å². The van der Waals surface area contributed by atoms with Crippen LogP contribution in [0.15, 0.2) is 27.6 Å². The third kappa shape index (κ3) is 5.05. The van der Waals surface area contributed by atoms with Crippen molar-refractivity contribution in [1.29, 1.82) is 0 Å². The fourth-order valence-corrected chi connectivity index (χ4v) is 3.74. The van der Waals surface area contributed by atoms with Gasteiger partial charge in [-0.25, -0.2) is 13.1 Å². The Hall–Kier alpha value is -0.630. The molecule has 0 saturated carbocycles. The van der Waals surface area contributed by atoms with Crippen molar-refractivity contribution in [3.05, 3.63) is 22.7 Å². The first-order valence-corrected chi connectivity index (χ1v) is 8.77. The topological polar surface area (TPSA) is 81.4 Å². The summed E-state index contributed by atoms with van der Waals surface area (Å²) in [4.78, 5) is 0.165. The van der Waals surface area contributed by atoms with E-state index in [2.05, 4.69) is 27.6 Å². The fraction of sp³-hybridized carbons (Fsp3) is 0.538. The molecule has 5 nitrogen and oxygen atoms in total. The maximum atomic E-state index is 12.3. The second-order valence-corrected chi connectivity index (χ2v) is 7.15. The number of ether oxygens (including phenoxy) is 1. The van der Waals surface area contributed by atoms with Crippen molar-refractivity contribution < 1.29 is 13.2 Å². The first-order chi connectivity index (χ1) is 9.42. The maximum absolute atomic E-state index is 12.3. The lowest BCUT2D eigenvalue weighted by atomic mass is 10.1. The number of methoxy groups -OCH3 is 1. The summed E-state index contributed by atoms with van der Waals surface area (Å²) in [6.07, 6.45) is 2.67. The molecule has 1 rings (SSSR count). The fourth-order valence-electron chi connectivity index (χ4n) is 1.77. The molecule has 0 saturated heterocycles. The molecule has 0 fully saturated rings. The Morgan fingerprint density at radius 2 is 2.10 bits per heavy atom. The Balaban J connectivity index is 2.95. The first-order valence-electron chi connectivity index (χ1n) is 6.50. The molecule has 3 N–H and O–H groups in total. The largest absolute Gasteiger partial charge is 0.497 e. The van der Waals surface area contributed by atoms with Gasteiger partial charge < -0.3 is 10.5 Å². The molecule has 0 spiro atoms. The average molecular weight is 365 g/mol. The summed E-state index contributed by atoms with van der Waals surface area (Å²) in [7, 11) is -2.10. The molecule has 20 heavy (non-hydrogen) atoms. The SMILES string of the molecule is CCCCC(CN)NS(=O)(=O)c1cc(Br)cc(OC)c1. The first kappa shape index (κ1) is 17.4. The molecule has 0 amide bonds. The molecule has 0 radical (unpaired) electrons. The molecule has 0 bridgehead atoms. The van der Waals surface area contributed by atoms with Crippen LogP contribution in [0.2, 0.25) is 0 Å². The summed E-state index contributed by atoms with van der Waals surface area (Å²) in [6.45, 7) is 2.34. The average Bonchev–Trinajstić information content (AvgIpc) is 2.42. The lowest BCUT2D eigenvalue weighted by molar-refractivity contribution is 0.413. The highest BCUT2D eigenvalue weighted by Gasteiger charge is 2.20. The number of hydrogen-bond donors (Lipinski definition) is 2. The predicted molar refractivity (Wildman–Crippen MR) is 83.4 cm³/mol. The van der Waals surface area contributed by atoms with E-state index in [0.717, 1.165) is 19.3 Å². The molecule has 1 atom stereocenters. The zero-order valence-electron chi connectivity index (χ0n) is 11.7. The molecule has 1 aromatic rings. The molecule has 0 aliphatic rings. The van der Waals surface area contributed by atoms with Gasteiger partial charge in [0.15, 0.2) is 0 Å². The third-order valence-electron chi connectivity index (χ3n) is 2.90. The van der Waals surface area contributed by atoms with E-state index in [1.807, 2.05) is 0 Å². The molecule has 1 aromatic carbocycles. The molecular formula is C13H21BrN2O3S. The van der Waals surface area contributed by atoms with Crippen LogP contribution < -0.4 is 15.2 Å². The van der Waals surface area contributed by atoms with Gasteiger partial charge in [0.2, 0.25) is 10.0 Å². The number of hydrogen-bond acceptors (Lipinski definition) is 4. The quantitative estimate of drug-likeness (QED) is 0.740. The minimum atomic E-state index is -3.60. The van der Waals surface area contributed by atoms with Crippen LogP contribution in [0.4, 0.5) is 0 Å². The monoisotopic (exact) mass is 364 g/mol. The van der Waals surface area contributed by atoms with E-state index in [0.29, 0.717) is 10.2 Å². The van der Waals surface area contributed by atoms with E-state index in [4.69, 9.17) is 10.5 Å². The maximum Gasteiger partial charge on any atom is 0.241 e. The van der Waals surface area contributed by atoms with Gasteiger partial charge in [-0.15, -0.1) is 0 Å². The molecule has 0 heterocycles. The van der Waals surface area contributed by atoms with Crippen molar-refractivity contribution >= 4 is 26.0 Å². The Morgan fingerprint density at radius 3 is 2.65 bits per heavy atom. The zero-order chi connectivity index (χ0) is 15.2. The van der Waals surface area contributed by atoms with Crippen molar-refractivity contribution in [3.8, 4) is 5.75 Å². The van der Waals surface area contributed by atoms with E-state index >= 15 is 0 Å². The molecule has 0 aliphatic heterocycles. The Kier molecular flexibility index (Phi) is 6.94. The van der Waals surface area contributed by atoms with Gasteiger partial charge in [0.25, 0.3) is 0 Å². The molecule has 114 valence electrons. The van der Waals surface area contributed by atoms with Crippen LogP contribution in [0, 0.1) is 0 Å². The van der Waals surface area contributed by atoms with Gasteiger partial charge >= 0.3 is 0 Å². The number of sulfonamides is 1. The second kappa shape index (κ2) is 7.97. The molecule has 0 aromatic heterocycles. The summed E-state index contributed by atoms with van der Waals surface area (Å²) in [5, 5.41) is 0. The van der Waals surface area contributed by atoms with Gasteiger partial charge in [-0.1, -0.05) is 35.7 Å². The van der Waals surface area contributed by atoms with Crippen molar-refractivity contribution in [2.24, 2.45) is 5.73 Å². The normalized spacial score (nSPS) is 13.2. The van der Waals surface area contributed by atoms with E-state index in [-0.39, 0.29) is 17.5 Å². The van der Waals surface area contributed by atoms with Crippen molar-refractivity contribution in [3.63, 3.8) is 0 Å². The number of halogens is 1. The van der Waals surface area contributed by atoms with E-state index in [9.17, 15) is 8.42 Å². The standard InChI is InChI=1S/C13H21BrN2O3S/c1-3-4-5-11(9-15)16-20(17,18)13-7-10(14)6-12(8-13)19-2/h6-8,11,16H,3-5,9,15H2,1-2H3. The van der Waals surface area contributed by atoms with Gasteiger partial charge in [0.05, 0.1) is 12.0 Å². The van der Waals surface area contributed by atoms with Crippen LogP contribution in [0.3, 0.4) is 0 Å². The number of nitrogens with two attached hydrogens (primary N) is 1.